The zero-order valence-corrected chi connectivity index (χ0v) is 12.9. The summed E-state index contributed by atoms with van der Waals surface area (Å²) < 4.78 is 0.685. The molecule has 7 heteroatoms. The lowest BCUT2D eigenvalue weighted by Crippen LogP contribution is -2.40. The maximum atomic E-state index is 11.2. The molecule has 1 aromatic carbocycles. The predicted octanol–water partition coefficient (Wildman–Crippen LogP) is 2.83. The number of nitrogens with two attached hydrogens (primary N) is 1. The molecule has 1 aliphatic heterocycles. The standard InChI is InChI=1S/C14H15BrN4O2/c15-9-7-12-11(13(8-9)19(20)21)1-4-17-14(12)18-5-2-10(16)3-6-18/h1,4,7-8,10H,2-3,5-6,16H2. The van der Waals surface area contributed by atoms with Crippen LogP contribution in [0.5, 0.6) is 0 Å². The SMILES string of the molecule is NC1CCN(c2nccc3c([N+](=O)[O-])cc(Br)cc23)CC1. The third kappa shape index (κ3) is 2.71. The molecule has 0 saturated carbocycles. The van der Waals surface area contributed by atoms with Crippen molar-refractivity contribution >= 4 is 38.2 Å². The maximum Gasteiger partial charge on any atom is 0.278 e. The van der Waals surface area contributed by atoms with E-state index in [9.17, 15) is 10.1 Å². The van der Waals surface area contributed by atoms with Gasteiger partial charge in [0.25, 0.3) is 5.69 Å². The first-order chi connectivity index (χ1) is 10.1. The molecule has 1 saturated heterocycles. The first kappa shape index (κ1) is 14.2. The zero-order valence-electron chi connectivity index (χ0n) is 11.3. The van der Waals surface area contributed by atoms with Crippen LogP contribution in [0.3, 0.4) is 0 Å². The van der Waals surface area contributed by atoms with Gasteiger partial charge in [-0.3, -0.25) is 10.1 Å². The number of fused-ring (bicyclic) bond motifs is 1. The van der Waals surface area contributed by atoms with Crippen LogP contribution >= 0.6 is 15.9 Å². The van der Waals surface area contributed by atoms with Gasteiger partial charge in [-0.25, -0.2) is 4.98 Å². The van der Waals surface area contributed by atoms with Crippen LogP contribution in [0.25, 0.3) is 10.8 Å². The molecule has 1 fully saturated rings. The number of nitro benzene ring substituents is 1. The molecular formula is C14H15BrN4O2. The Bertz CT molecular complexity index is 699. The van der Waals surface area contributed by atoms with Crippen molar-refractivity contribution in [1.82, 2.24) is 4.98 Å². The lowest BCUT2D eigenvalue weighted by atomic mass is 10.0. The van der Waals surface area contributed by atoms with Crippen LogP contribution in [0.1, 0.15) is 12.8 Å². The number of pyridine rings is 1. The topological polar surface area (TPSA) is 85.3 Å². The Morgan fingerprint density at radius 2 is 2.05 bits per heavy atom. The monoisotopic (exact) mass is 350 g/mol. The van der Waals surface area contributed by atoms with Gasteiger partial charge >= 0.3 is 0 Å². The Kier molecular flexibility index (Phi) is 3.77. The minimum Gasteiger partial charge on any atom is -0.356 e. The number of halogens is 1. The van der Waals surface area contributed by atoms with E-state index in [0.29, 0.717) is 9.86 Å². The van der Waals surface area contributed by atoms with E-state index >= 15 is 0 Å². The van der Waals surface area contributed by atoms with Crippen molar-refractivity contribution < 1.29 is 4.92 Å². The first-order valence-corrected chi connectivity index (χ1v) is 7.59. The van der Waals surface area contributed by atoms with Crippen LogP contribution in [0, 0.1) is 10.1 Å². The number of piperidine rings is 1. The zero-order chi connectivity index (χ0) is 15.0. The Morgan fingerprint density at radius 3 is 2.71 bits per heavy atom. The molecule has 0 amide bonds. The fourth-order valence-corrected chi connectivity index (χ4v) is 3.18. The van der Waals surface area contributed by atoms with Crippen LogP contribution < -0.4 is 10.6 Å². The van der Waals surface area contributed by atoms with Gasteiger partial charge in [-0.05, 0) is 25.0 Å². The van der Waals surface area contributed by atoms with Gasteiger partial charge in [-0.1, -0.05) is 15.9 Å². The maximum absolute atomic E-state index is 11.2. The Balaban J connectivity index is 2.13. The number of hydrogen-bond donors (Lipinski definition) is 1. The van der Waals surface area contributed by atoms with Crippen molar-refractivity contribution in [3.63, 3.8) is 0 Å². The highest BCUT2D eigenvalue weighted by molar-refractivity contribution is 9.10. The van der Waals surface area contributed by atoms with Crippen molar-refractivity contribution in [3.8, 4) is 0 Å². The Hall–Kier alpha value is -1.73. The van der Waals surface area contributed by atoms with Gasteiger partial charge in [-0.2, -0.15) is 0 Å². The molecule has 0 radical (unpaired) electrons. The third-order valence-electron chi connectivity index (χ3n) is 3.84. The highest BCUT2D eigenvalue weighted by Gasteiger charge is 2.22. The summed E-state index contributed by atoms with van der Waals surface area (Å²) in [6.07, 6.45) is 3.45. The van der Waals surface area contributed by atoms with E-state index in [-0.39, 0.29) is 16.7 Å². The molecule has 1 aromatic heterocycles. The van der Waals surface area contributed by atoms with Gasteiger partial charge in [0.15, 0.2) is 0 Å². The van der Waals surface area contributed by atoms with Crippen LogP contribution in [0.4, 0.5) is 11.5 Å². The summed E-state index contributed by atoms with van der Waals surface area (Å²) in [4.78, 5) is 17.5. The fraction of sp³-hybridized carbons (Fsp3) is 0.357. The molecule has 2 aromatic rings. The summed E-state index contributed by atoms with van der Waals surface area (Å²) in [6, 6.07) is 5.34. The number of nitrogens with zero attached hydrogens (tertiary/aromatic N) is 3. The molecule has 21 heavy (non-hydrogen) atoms. The molecule has 0 aliphatic carbocycles. The first-order valence-electron chi connectivity index (χ1n) is 6.79. The van der Waals surface area contributed by atoms with E-state index in [1.54, 1.807) is 12.3 Å². The van der Waals surface area contributed by atoms with Gasteiger partial charge in [0, 0.05) is 41.3 Å². The smallest absolute Gasteiger partial charge is 0.278 e. The molecule has 3 rings (SSSR count). The fourth-order valence-electron chi connectivity index (χ4n) is 2.73. The minimum atomic E-state index is -0.358. The van der Waals surface area contributed by atoms with E-state index in [0.717, 1.165) is 37.1 Å². The van der Waals surface area contributed by atoms with E-state index in [1.165, 1.54) is 6.07 Å². The van der Waals surface area contributed by atoms with E-state index in [1.807, 2.05) is 6.07 Å². The Morgan fingerprint density at radius 1 is 1.33 bits per heavy atom. The van der Waals surface area contributed by atoms with Gasteiger partial charge in [-0.15, -0.1) is 0 Å². The second-order valence-corrected chi connectivity index (χ2v) is 6.15. The number of hydrogen-bond acceptors (Lipinski definition) is 5. The van der Waals surface area contributed by atoms with Crippen molar-refractivity contribution in [2.24, 2.45) is 5.73 Å². The molecule has 110 valence electrons. The summed E-state index contributed by atoms with van der Waals surface area (Å²) in [6.45, 7) is 1.65. The molecule has 2 heterocycles. The van der Waals surface area contributed by atoms with Gasteiger partial charge in [0.1, 0.15) is 5.82 Å². The second kappa shape index (κ2) is 5.57. The number of anilines is 1. The molecule has 2 N–H and O–H groups in total. The quantitative estimate of drug-likeness (QED) is 0.664. The van der Waals surface area contributed by atoms with E-state index in [4.69, 9.17) is 5.73 Å². The normalized spacial score (nSPS) is 16.4. The predicted molar refractivity (Wildman–Crippen MR) is 85.5 cm³/mol. The lowest BCUT2D eigenvalue weighted by Gasteiger charge is -2.31. The van der Waals surface area contributed by atoms with Gasteiger partial charge in [0.2, 0.25) is 0 Å². The van der Waals surface area contributed by atoms with Crippen LogP contribution in [0.15, 0.2) is 28.9 Å². The molecule has 0 unspecified atom stereocenters. The number of nitro groups is 1. The summed E-state index contributed by atoms with van der Waals surface area (Å²) in [7, 11) is 0. The summed E-state index contributed by atoms with van der Waals surface area (Å²) in [5, 5.41) is 12.6. The van der Waals surface area contributed by atoms with Gasteiger partial charge in [0.05, 0.1) is 10.3 Å². The van der Waals surface area contributed by atoms with E-state index in [2.05, 4.69) is 25.8 Å². The van der Waals surface area contributed by atoms with E-state index < -0.39 is 0 Å². The number of aromatic nitrogens is 1. The third-order valence-corrected chi connectivity index (χ3v) is 4.30. The van der Waals surface area contributed by atoms with Crippen molar-refractivity contribution in [1.29, 1.82) is 0 Å². The number of rotatable bonds is 2. The molecule has 0 spiro atoms. The highest BCUT2D eigenvalue weighted by Crippen LogP contribution is 2.35. The highest BCUT2D eigenvalue weighted by atomic mass is 79.9. The minimum absolute atomic E-state index is 0.0942. The van der Waals surface area contributed by atoms with Crippen LogP contribution in [-0.4, -0.2) is 29.0 Å². The summed E-state index contributed by atoms with van der Waals surface area (Å²) in [5.74, 6) is 0.795. The average Bonchev–Trinajstić information content (AvgIpc) is 2.46. The van der Waals surface area contributed by atoms with Crippen LogP contribution in [-0.2, 0) is 0 Å². The number of benzene rings is 1. The molecule has 1 aliphatic rings. The van der Waals surface area contributed by atoms with Crippen molar-refractivity contribution in [2.45, 2.75) is 18.9 Å². The summed E-state index contributed by atoms with van der Waals surface area (Å²) >= 11 is 3.35. The van der Waals surface area contributed by atoms with Crippen molar-refractivity contribution in [3.05, 3.63) is 39.0 Å². The Labute approximate surface area is 130 Å². The summed E-state index contributed by atoms with van der Waals surface area (Å²) in [5.41, 5.74) is 6.03. The molecule has 6 nitrogen and oxygen atoms in total. The van der Waals surface area contributed by atoms with Crippen molar-refractivity contribution in [2.75, 3.05) is 18.0 Å². The molecule has 0 atom stereocenters. The molecular weight excluding hydrogens is 336 g/mol. The number of non-ortho nitro benzene ring substituents is 1. The van der Waals surface area contributed by atoms with Crippen LogP contribution in [0.2, 0.25) is 0 Å². The molecule has 0 bridgehead atoms. The second-order valence-electron chi connectivity index (χ2n) is 5.24. The lowest BCUT2D eigenvalue weighted by molar-refractivity contribution is -0.383. The largest absolute Gasteiger partial charge is 0.356 e. The van der Waals surface area contributed by atoms with Gasteiger partial charge < -0.3 is 10.6 Å². The average molecular weight is 351 g/mol.